The number of hydrogen-bond acceptors (Lipinski definition) is 2. The molecule has 2 heteroatoms. The summed E-state index contributed by atoms with van der Waals surface area (Å²) in [5.41, 5.74) is 23.4. The summed E-state index contributed by atoms with van der Waals surface area (Å²) in [6, 6.07) is 59.9. The first-order chi connectivity index (χ1) is 27.2. The minimum Gasteiger partial charge on any atom is -0.405 e. The van der Waals surface area contributed by atoms with Crippen molar-refractivity contribution < 1.29 is 0 Å². The SMILES string of the molecule is N/C=C/c1ccccc1/C=C\C=C\c1ccccc1/C=C\c1ccccc1-c1cccc2c1Cc1ccccc1SCC21c2ccccc2-c2ccccc21. The summed E-state index contributed by atoms with van der Waals surface area (Å²) >= 11 is 2.00. The average Bonchev–Trinajstić information content (AvgIpc) is 3.52. The Labute approximate surface area is 328 Å². The van der Waals surface area contributed by atoms with Gasteiger partial charge in [-0.15, -0.1) is 11.8 Å². The van der Waals surface area contributed by atoms with Gasteiger partial charge in [0.25, 0.3) is 0 Å². The zero-order valence-electron chi connectivity index (χ0n) is 30.6. The standard InChI is InChI=1S/C53H41NS/c54-35-34-41-21-6-4-19-39(41)18-2-1-16-38-17-3-5-20-40(38)32-33-42-22-7-9-24-44(42)45-27-15-30-51-48(45)36-43-23-8-14-31-52(43)55-37-53(51)49-28-12-10-25-46(49)47-26-11-13-29-50(47)53/h1-35H,36-37,54H2/b16-1+,18-2-,33-32-,35-34+. The molecule has 7 aromatic carbocycles. The molecule has 0 bridgehead atoms. The molecule has 0 atom stereocenters. The first kappa shape index (κ1) is 34.4. The molecule has 1 aliphatic carbocycles. The van der Waals surface area contributed by atoms with Gasteiger partial charge in [0.05, 0.1) is 5.41 Å². The quantitative estimate of drug-likeness (QED) is 0.131. The van der Waals surface area contributed by atoms with Gasteiger partial charge in [-0.25, -0.2) is 0 Å². The van der Waals surface area contributed by atoms with Crippen molar-refractivity contribution in [3.63, 3.8) is 0 Å². The van der Waals surface area contributed by atoms with Crippen LogP contribution in [0.15, 0.2) is 187 Å². The molecule has 0 fully saturated rings. The van der Waals surface area contributed by atoms with Crippen LogP contribution in [0.4, 0.5) is 0 Å². The van der Waals surface area contributed by atoms with E-state index in [0.29, 0.717) is 0 Å². The Kier molecular flexibility index (Phi) is 9.50. The second-order valence-corrected chi connectivity index (χ2v) is 15.2. The Hall–Kier alpha value is -6.35. The number of benzene rings is 7. The van der Waals surface area contributed by atoms with E-state index in [2.05, 4.69) is 188 Å². The molecule has 7 aromatic rings. The predicted molar refractivity (Wildman–Crippen MR) is 237 cm³/mol. The highest BCUT2D eigenvalue weighted by molar-refractivity contribution is 7.99. The normalized spacial score (nSPS) is 14.3. The molecular formula is C53H41NS. The van der Waals surface area contributed by atoms with Crippen LogP contribution in [0.25, 0.3) is 52.6 Å². The van der Waals surface area contributed by atoms with E-state index in [-0.39, 0.29) is 5.41 Å². The van der Waals surface area contributed by atoms with E-state index in [0.717, 1.165) is 28.9 Å². The Bertz CT molecular complexity index is 2610. The molecule has 1 heterocycles. The van der Waals surface area contributed by atoms with Gasteiger partial charge in [-0.1, -0.05) is 194 Å². The summed E-state index contributed by atoms with van der Waals surface area (Å²) in [4.78, 5) is 1.37. The molecule has 1 nitrogen and oxygen atoms in total. The topological polar surface area (TPSA) is 26.0 Å². The van der Waals surface area contributed by atoms with Crippen LogP contribution in [-0.2, 0) is 11.8 Å². The largest absolute Gasteiger partial charge is 0.405 e. The van der Waals surface area contributed by atoms with Gasteiger partial charge in [0.15, 0.2) is 0 Å². The van der Waals surface area contributed by atoms with E-state index in [1.807, 2.05) is 30.0 Å². The van der Waals surface area contributed by atoms with Gasteiger partial charge < -0.3 is 5.73 Å². The van der Waals surface area contributed by atoms with Crippen molar-refractivity contribution in [1.29, 1.82) is 0 Å². The lowest BCUT2D eigenvalue weighted by atomic mass is 9.70. The maximum absolute atomic E-state index is 5.68. The van der Waals surface area contributed by atoms with Crippen LogP contribution >= 0.6 is 11.8 Å². The molecule has 0 saturated carbocycles. The number of fused-ring (bicyclic) bond motifs is 8. The minimum absolute atomic E-state index is 0.273. The fourth-order valence-corrected chi connectivity index (χ4v) is 9.90. The lowest BCUT2D eigenvalue weighted by Gasteiger charge is -2.37. The Morgan fingerprint density at radius 3 is 1.55 bits per heavy atom. The van der Waals surface area contributed by atoms with Gasteiger partial charge in [0, 0.05) is 10.6 Å². The average molecular weight is 724 g/mol. The number of allylic oxidation sites excluding steroid dienone is 2. The number of thioether (sulfide) groups is 1. The molecule has 0 amide bonds. The predicted octanol–water partition coefficient (Wildman–Crippen LogP) is 13.2. The van der Waals surface area contributed by atoms with Crippen molar-refractivity contribution >= 4 is 42.1 Å². The van der Waals surface area contributed by atoms with E-state index in [1.165, 1.54) is 66.1 Å². The lowest BCUT2D eigenvalue weighted by Crippen LogP contribution is -2.32. The summed E-state index contributed by atoms with van der Waals surface area (Å²) in [7, 11) is 0. The monoisotopic (exact) mass is 723 g/mol. The third kappa shape index (κ3) is 6.39. The van der Waals surface area contributed by atoms with Crippen molar-refractivity contribution in [3.05, 3.63) is 238 Å². The van der Waals surface area contributed by atoms with Crippen LogP contribution < -0.4 is 5.73 Å². The molecule has 0 unspecified atom stereocenters. The van der Waals surface area contributed by atoms with E-state index in [1.54, 1.807) is 6.20 Å². The summed E-state index contributed by atoms with van der Waals surface area (Å²) < 4.78 is 0. The van der Waals surface area contributed by atoms with Crippen LogP contribution in [0.1, 0.15) is 55.6 Å². The zero-order chi connectivity index (χ0) is 37.0. The molecule has 55 heavy (non-hydrogen) atoms. The van der Waals surface area contributed by atoms with Gasteiger partial charge >= 0.3 is 0 Å². The fourth-order valence-electron chi connectivity index (χ4n) is 8.56. The molecule has 1 spiro atoms. The highest BCUT2D eigenvalue weighted by Gasteiger charge is 2.46. The van der Waals surface area contributed by atoms with Crippen molar-refractivity contribution in [2.24, 2.45) is 5.73 Å². The second-order valence-electron chi connectivity index (χ2n) is 14.2. The molecule has 0 aromatic heterocycles. The maximum Gasteiger partial charge on any atom is 0.0560 e. The van der Waals surface area contributed by atoms with Crippen molar-refractivity contribution in [1.82, 2.24) is 0 Å². The summed E-state index contributed by atoms with van der Waals surface area (Å²) in [6.45, 7) is 0. The first-order valence-electron chi connectivity index (χ1n) is 19.0. The Balaban J connectivity index is 1.13. The van der Waals surface area contributed by atoms with Crippen molar-refractivity contribution in [2.75, 3.05) is 5.75 Å². The number of hydrogen-bond donors (Lipinski definition) is 1. The maximum atomic E-state index is 5.68. The molecule has 0 saturated heterocycles. The van der Waals surface area contributed by atoms with Crippen molar-refractivity contribution in [3.8, 4) is 22.3 Å². The molecule has 9 rings (SSSR count). The fraction of sp³-hybridized carbons (Fsp3) is 0.0566. The van der Waals surface area contributed by atoms with Crippen molar-refractivity contribution in [2.45, 2.75) is 16.7 Å². The lowest BCUT2D eigenvalue weighted by molar-refractivity contribution is 0.713. The van der Waals surface area contributed by atoms with E-state index in [4.69, 9.17) is 5.73 Å². The second kappa shape index (κ2) is 15.2. The van der Waals surface area contributed by atoms with Gasteiger partial charge in [0.2, 0.25) is 0 Å². The smallest absolute Gasteiger partial charge is 0.0560 e. The summed E-state index contributed by atoms with van der Waals surface area (Å²) in [6.07, 6.45) is 17.4. The van der Waals surface area contributed by atoms with Crippen LogP contribution in [0.2, 0.25) is 0 Å². The molecular weight excluding hydrogens is 683 g/mol. The van der Waals surface area contributed by atoms with Crippen LogP contribution in [0, 0.1) is 0 Å². The van der Waals surface area contributed by atoms with Gasteiger partial charge in [-0.2, -0.15) is 0 Å². The highest BCUT2D eigenvalue weighted by atomic mass is 32.2. The van der Waals surface area contributed by atoms with Gasteiger partial charge in [-0.05, 0) is 103 Å². The Morgan fingerprint density at radius 2 is 0.891 bits per heavy atom. The number of nitrogens with two attached hydrogens (primary N) is 1. The van der Waals surface area contributed by atoms with E-state index < -0.39 is 0 Å². The number of rotatable bonds is 7. The van der Waals surface area contributed by atoms with Gasteiger partial charge in [0.1, 0.15) is 0 Å². The summed E-state index contributed by atoms with van der Waals surface area (Å²) in [5.74, 6) is 0.937. The molecule has 2 N–H and O–H groups in total. The van der Waals surface area contributed by atoms with E-state index in [9.17, 15) is 0 Å². The summed E-state index contributed by atoms with van der Waals surface area (Å²) in [5, 5.41) is 0. The third-order valence-corrected chi connectivity index (χ3v) is 12.4. The molecule has 264 valence electrons. The van der Waals surface area contributed by atoms with Gasteiger partial charge in [-0.3, -0.25) is 0 Å². The molecule has 0 radical (unpaired) electrons. The van der Waals surface area contributed by atoms with Crippen LogP contribution in [-0.4, -0.2) is 5.75 Å². The first-order valence-corrected chi connectivity index (χ1v) is 19.9. The highest BCUT2D eigenvalue weighted by Crippen LogP contribution is 2.57. The Morgan fingerprint density at radius 1 is 0.418 bits per heavy atom. The molecule has 2 aliphatic rings. The third-order valence-electron chi connectivity index (χ3n) is 11.1. The van der Waals surface area contributed by atoms with Crippen LogP contribution in [0.5, 0.6) is 0 Å². The van der Waals surface area contributed by atoms with E-state index >= 15 is 0 Å². The zero-order valence-corrected chi connectivity index (χ0v) is 31.4. The molecule has 1 aliphatic heterocycles. The minimum atomic E-state index is -0.273. The van der Waals surface area contributed by atoms with Crippen LogP contribution in [0.3, 0.4) is 0 Å².